The number of hydrogen-bond acceptors (Lipinski definition) is 3. The van der Waals surface area contributed by atoms with Crippen molar-refractivity contribution in [1.29, 1.82) is 0 Å². The minimum Gasteiger partial charge on any atom is -0.343 e. The van der Waals surface area contributed by atoms with Crippen LogP contribution in [0.1, 0.15) is 33.6 Å². The van der Waals surface area contributed by atoms with E-state index in [0.717, 1.165) is 12.2 Å². The molecule has 0 spiro atoms. The van der Waals surface area contributed by atoms with Crippen molar-refractivity contribution in [2.24, 2.45) is 0 Å². The van der Waals surface area contributed by atoms with Gasteiger partial charge >= 0.3 is 0 Å². The Bertz CT molecular complexity index is 339. The fraction of sp³-hybridized carbons (Fsp3) is 0.833. The molecular formula is C12H20N2O2S. The minimum atomic E-state index is -0.381. The van der Waals surface area contributed by atoms with Crippen molar-refractivity contribution in [1.82, 2.24) is 10.2 Å². The summed E-state index contributed by atoms with van der Waals surface area (Å²) in [5, 5.41) is 2.71. The van der Waals surface area contributed by atoms with Crippen molar-refractivity contribution >= 4 is 23.6 Å². The number of carbonyl (C=O) groups excluding carboxylic acids is 2. The number of thioether (sulfide) groups is 1. The van der Waals surface area contributed by atoms with E-state index >= 15 is 0 Å². The third-order valence-electron chi connectivity index (χ3n) is 3.66. The summed E-state index contributed by atoms with van der Waals surface area (Å²) in [6.45, 7) is 6.45. The highest BCUT2D eigenvalue weighted by Crippen LogP contribution is 2.38. The average molecular weight is 256 g/mol. The van der Waals surface area contributed by atoms with Gasteiger partial charge in [0.2, 0.25) is 11.8 Å². The summed E-state index contributed by atoms with van der Waals surface area (Å²) in [7, 11) is 0. The maximum Gasteiger partial charge on any atom is 0.245 e. The highest BCUT2D eigenvalue weighted by atomic mass is 32.2. The van der Waals surface area contributed by atoms with Gasteiger partial charge in [-0.2, -0.15) is 11.8 Å². The van der Waals surface area contributed by atoms with Gasteiger partial charge in [0.15, 0.2) is 0 Å². The number of rotatable bonds is 2. The number of carbonyl (C=O) groups is 2. The lowest BCUT2D eigenvalue weighted by Gasteiger charge is -2.40. The van der Waals surface area contributed by atoms with Crippen LogP contribution in [0.25, 0.3) is 0 Å². The van der Waals surface area contributed by atoms with Gasteiger partial charge in [0.1, 0.15) is 12.1 Å². The summed E-state index contributed by atoms with van der Waals surface area (Å²) in [6, 6.07) is -0.717. The van der Waals surface area contributed by atoms with Crippen LogP contribution in [0.4, 0.5) is 0 Å². The van der Waals surface area contributed by atoms with Crippen LogP contribution in [-0.4, -0.2) is 45.8 Å². The maximum atomic E-state index is 12.1. The zero-order valence-electron chi connectivity index (χ0n) is 10.7. The van der Waals surface area contributed by atoms with Crippen LogP contribution in [0.5, 0.6) is 0 Å². The van der Waals surface area contributed by atoms with Gasteiger partial charge in [-0.3, -0.25) is 9.59 Å². The SMILES string of the molecule is CC1NC(=O)C(C)N(CC2(C)CCCS2)C1=O. The molecule has 2 saturated heterocycles. The van der Waals surface area contributed by atoms with Gasteiger partial charge in [0, 0.05) is 11.3 Å². The molecule has 0 saturated carbocycles. The van der Waals surface area contributed by atoms with Gasteiger partial charge in [-0.15, -0.1) is 0 Å². The van der Waals surface area contributed by atoms with Crippen LogP contribution >= 0.6 is 11.8 Å². The first kappa shape index (κ1) is 12.7. The molecule has 5 heteroatoms. The van der Waals surface area contributed by atoms with E-state index in [1.807, 2.05) is 18.7 Å². The first-order valence-electron chi connectivity index (χ1n) is 6.18. The van der Waals surface area contributed by atoms with Crippen LogP contribution < -0.4 is 5.32 Å². The Morgan fingerprint density at radius 1 is 1.47 bits per heavy atom. The second-order valence-electron chi connectivity index (χ2n) is 5.27. The van der Waals surface area contributed by atoms with Crippen molar-refractivity contribution < 1.29 is 9.59 Å². The molecule has 0 aliphatic carbocycles. The summed E-state index contributed by atoms with van der Waals surface area (Å²) in [5.74, 6) is 1.17. The summed E-state index contributed by atoms with van der Waals surface area (Å²) in [6.07, 6.45) is 2.34. The summed E-state index contributed by atoms with van der Waals surface area (Å²) in [5.41, 5.74) is 0. The molecule has 0 aromatic rings. The standard InChI is InChI=1S/C12H20N2O2S/c1-8-11(16)14(9(2)10(15)13-8)7-12(3)5-4-6-17-12/h8-9H,4-7H2,1-3H3,(H,13,15). The fourth-order valence-electron chi connectivity index (χ4n) is 2.51. The van der Waals surface area contributed by atoms with Crippen molar-refractivity contribution in [2.75, 3.05) is 12.3 Å². The molecule has 2 rings (SSSR count). The molecule has 2 aliphatic rings. The van der Waals surface area contributed by atoms with Crippen LogP contribution in [0, 0.1) is 0 Å². The quantitative estimate of drug-likeness (QED) is 0.802. The van der Waals surface area contributed by atoms with E-state index in [1.165, 1.54) is 6.42 Å². The number of hydrogen-bond donors (Lipinski definition) is 1. The second-order valence-corrected chi connectivity index (χ2v) is 6.96. The molecule has 96 valence electrons. The van der Waals surface area contributed by atoms with E-state index in [2.05, 4.69) is 12.2 Å². The lowest BCUT2D eigenvalue weighted by molar-refractivity contribution is -0.148. The largest absolute Gasteiger partial charge is 0.343 e. The molecule has 0 aromatic carbocycles. The molecule has 3 unspecified atom stereocenters. The molecule has 2 fully saturated rings. The van der Waals surface area contributed by atoms with Crippen LogP contribution in [0.3, 0.4) is 0 Å². The number of nitrogens with one attached hydrogen (secondary N) is 1. The Morgan fingerprint density at radius 3 is 2.76 bits per heavy atom. The summed E-state index contributed by atoms with van der Waals surface area (Å²) in [4.78, 5) is 25.6. The van der Waals surface area contributed by atoms with Gasteiger partial charge in [-0.25, -0.2) is 0 Å². The van der Waals surface area contributed by atoms with Gasteiger partial charge in [-0.05, 0) is 39.4 Å². The first-order chi connectivity index (χ1) is 7.93. The minimum absolute atomic E-state index is 0.0382. The van der Waals surface area contributed by atoms with Crippen LogP contribution in [0.2, 0.25) is 0 Å². The maximum absolute atomic E-state index is 12.1. The van der Waals surface area contributed by atoms with E-state index < -0.39 is 0 Å². The molecule has 2 amide bonds. The average Bonchev–Trinajstić information content (AvgIpc) is 2.69. The van der Waals surface area contributed by atoms with Crippen molar-refractivity contribution in [3.8, 4) is 0 Å². The second kappa shape index (κ2) is 4.52. The lowest BCUT2D eigenvalue weighted by atomic mass is 10.0. The zero-order valence-corrected chi connectivity index (χ0v) is 11.5. The van der Waals surface area contributed by atoms with Gasteiger partial charge in [0.05, 0.1) is 0 Å². The molecule has 2 aliphatic heterocycles. The monoisotopic (exact) mass is 256 g/mol. The molecule has 4 nitrogen and oxygen atoms in total. The van der Waals surface area contributed by atoms with E-state index in [4.69, 9.17) is 0 Å². The Morgan fingerprint density at radius 2 is 2.18 bits per heavy atom. The van der Waals surface area contributed by atoms with E-state index in [9.17, 15) is 9.59 Å². The van der Waals surface area contributed by atoms with E-state index in [0.29, 0.717) is 6.54 Å². The summed E-state index contributed by atoms with van der Waals surface area (Å²) >= 11 is 1.92. The van der Waals surface area contributed by atoms with Crippen LogP contribution in [0.15, 0.2) is 0 Å². The Kier molecular flexibility index (Phi) is 3.39. The summed E-state index contributed by atoms with van der Waals surface area (Å²) < 4.78 is 0.126. The van der Waals surface area contributed by atoms with Crippen molar-refractivity contribution in [3.05, 3.63) is 0 Å². The van der Waals surface area contributed by atoms with Gasteiger partial charge in [0.25, 0.3) is 0 Å². The van der Waals surface area contributed by atoms with Crippen LogP contribution in [-0.2, 0) is 9.59 Å². The molecular weight excluding hydrogens is 236 g/mol. The molecule has 1 N–H and O–H groups in total. The Labute approximate surface area is 106 Å². The highest BCUT2D eigenvalue weighted by molar-refractivity contribution is 8.00. The highest BCUT2D eigenvalue weighted by Gasteiger charge is 2.41. The van der Waals surface area contributed by atoms with Crippen molar-refractivity contribution in [3.63, 3.8) is 0 Å². The van der Waals surface area contributed by atoms with E-state index in [-0.39, 0.29) is 28.6 Å². The predicted molar refractivity (Wildman–Crippen MR) is 68.9 cm³/mol. The smallest absolute Gasteiger partial charge is 0.245 e. The van der Waals surface area contributed by atoms with Crippen molar-refractivity contribution in [2.45, 2.75) is 50.4 Å². The number of piperazine rings is 1. The molecule has 2 heterocycles. The first-order valence-corrected chi connectivity index (χ1v) is 7.16. The zero-order chi connectivity index (χ0) is 12.6. The lowest BCUT2D eigenvalue weighted by Crippen LogP contribution is -2.63. The van der Waals surface area contributed by atoms with E-state index in [1.54, 1.807) is 11.8 Å². The third kappa shape index (κ3) is 2.44. The number of nitrogens with zero attached hydrogens (tertiary/aromatic N) is 1. The third-order valence-corrected chi connectivity index (χ3v) is 5.19. The Hall–Kier alpha value is -0.710. The molecule has 17 heavy (non-hydrogen) atoms. The Balaban J connectivity index is 2.11. The predicted octanol–water partition coefficient (Wildman–Crippen LogP) is 1.01. The topological polar surface area (TPSA) is 49.4 Å². The molecule has 0 aromatic heterocycles. The molecule has 0 bridgehead atoms. The normalized spacial score (nSPS) is 38.4. The molecule has 3 atom stereocenters. The van der Waals surface area contributed by atoms with Gasteiger partial charge in [-0.1, -0.05) is 0 Å². The fourth-order valence-corrected chi connectivity index (χ4v) is 3.81. The number of amides is 2. The molecule has 0 radical (unpaired) electrons. The van der Waals surface area contributed by atoms with Gasteiger partial charge < -0.3 is 10.2 Å².